The van der Waals surface area contributed by atoms with Crippen molar-refractivity contribution in [1.82, 2.24) is 0 Å². The number of ether oxygens (including phenoxy) is 1. The van der Waals surface area contributed by atoms with Crippen LogP contribution >= 0.6 is 0 Å². The standard InChI is InChI=1S/C29H35N3O3/c1-2-3-5-18-28(33)31-25-15-8-14-24(20-25)30-22-29(34)32-26-16-9-17-27(21-26)35-19-10-13-23-11-6-4-7-12-23/h4,6-9,11-12,14-17,20-21,30H,2-3,5,10,13,18-19,22H2,1H3,(H,31,33)(H,32,34). The van der Waals surface area contributed by atoms with E-state index in [9.17, 15) is 9.59 Å². The average Bonchev–Trinajstić information content (AvgIpc) is 2.87. The molecule has 3 aromatic carbocycles. The van der Waals surface area contributed by atoms with Crippen molar-refractivity contribution in [3.05, 3.63) is 84.4 Å². The van der Waals surface area contributed by atoms with Gasteiger partial charge in [0.05, 0.1) is 13.2 Å². The van der Waals surface area contributed by atoms with Crippen LogP contribution in [-0.4, -0.2) is 25.0 Å². The molecule has 0 radical (unpaired) electrons. The van der Waals surface area contributed by atoms with Gasteiger partial charge in [-0.05, 0) is 55.2 Å². The third-order valence-electron chi connectivity index (χ3n) is 5.45. The second kappa shape index (κ2) is 14.5. The maximum Gasteiger partial charge on any atom is 0.243 e. The van der Waals surface area contributed by atoms with E-state index < -0.39 is 0 Å². The molecule has 0 aromatic heterocycles. The van der Waals surface area contributed by atoms with Crippen LogP contribution in [0.4, 0.5) is 17.1 Å². The number of anilines is 3. The number of hydrogen-bond donors (Lipinski definition) is 3. The molecule has 6 nitrogen and oxygen atoms in total. The third kappa shape index (κ3) is 9.92. The molecular weight excluding hydrogens is 438 g/mol. The van der Waals surface area contributed by atoms with Crippen molar-refractivity contribution < 1.29 is 14.3 Å². The largest absolute Gasteiger partial charge is 0.494 e. The molecule has 0 fully saturated rings. The lowest BCUT2D eigenvalue weighted by molar-refractivity contribution is -0.116. The van der Waals surface area contributed by atoms with Gasteiger partial charge in [-0.1, -0.05) is 62.2 Å². The van der Waals surface area contributed by atoms with Crippen molar-refractivity contribution >= 4 is 28.9 Å². The Balaban J connectivity index is 1.40. The SMILES string of the molecule is CCCCCC(=O)Nc1cccc(NCC(=O)Nc2cccc(OCCCc3ccccc3)c2)c1. The zero-order valence-corrected chi connectivity index (χ0v) is 20.4. The van der Waals surface area contributed by atoms with Crippen LogP contribution in [-0.2, 0) is 16.0 Å². The van der Waals surface area contributed by atoms with E-state index in [1.54, 1.807) is 0 Å². The Morgan fingerprint density at radius 1 is 0.743 bits per heavy atom. The fourth-order valence-electron chi connectivity index (χ4n) is 3.63. The quantitative estimate of drug-likeness (QED) is 0.241. The van der Waals surface area contributed by atoms with Gasteiger partial charge in [0.2, 0.25) is 11.8 Å². The van der Waals surface area contributed by atoms with Gasteiger partial charge in [-0.15, -0.1) is 0 Å². The summed E-state index contributed by atoms with van der Waals surface area (Å²) in [7, 11) is 0. The Labute approximate surface area is 208 Å². The third-order valence-corrected chi connectivity index (χ3v) is 5.45. The second-order valence-electron chi connectivity index (χ2n) is 8.45. The number of unbranched alkanes of at least 4 members (excludes halogenated alkanes) is 2. The predicted octanol–water partition coefficient (Wildman–Crippen LogP) is 6.27. The van der Waals surface area contributed by atoms with Crippen LogP contribution in [0.3, 0.4) is 0 Å². The zero-order chi connectivity index (χ0) is 24.7. The first-order chi connectivity index (χ1) is 17.1. The summed E-state index contributed by atoms with van der Waals surface area (Å²) in [5, 5.41) is 8.91. The van der Waals surface area contributed by atoms with Gasteiger partial charge in [0, 0.05) is 29.5 Å². The number of aryl methyl sites for hydroxylation is 1. The van der Waals surface area contributed by atoms with Crippen LogP contribution in [0.2, 0.25) is 0 Å². The summed E-state index contributed by atoms with van der Waals surface area (Å²) in [5.41, 5.74) is 3.46. The lowest BCUT2D eigenvalue weighted by atomic mass is 10.1. The van der Waals surface area contributed by atoms with E-state index in [1.165, 1.54) is 5.56 Å². The molecule has 0 bridgehead atoms. The van der Waals surface area contributed by atoms with E-state index in [0.717, 1.165) is 43.5 Å². The van der Waals surface area contributed by atoms with Crippen LogP contribution in [0.1, 0.15) is 44.6 Å². The molecule has 0 unspecified atom stereocenters. The smallest absolute Gasteiger partial charge is 0.243 e. The fourth-order valence-corrected chi connectivity index (χ4v) is 3.63. The Morgan fingerprint density at radius 3 is 2.26 bits per heavy atom. The highest BCUT2D eigenvalue weighted by molar-refractivity contribution is 5.94. The summed E-state index contributed by atoms with van der Waals surface area (Å²) in [6, 6.07) is 25.1. The maximum absolute atomic E-state index is 12.4. The number of nitrogens with one attached hydrogen (secondary N) is 3. The Morgan fingerprint density at radius 2 is 1.46 bits per heavy atom. The van der Waals surface area contributed by atoms with E-state index in [-0.39, 0.29) is 18.4 Å². The normalized spacial score (nSPS) is 10.4. The number of carbonyl (C=O) groups excluding carboxylic acids is 2. The van der Waals surface area contributed by atoms with E-state index in [4.69, 9.17) is 4.74 Å². The monoisotopic (exact) mass is 473 g/mol. The van der Waals surface area contributed by atoms with Crippen LogP contribution in [0.15, 0.2) is 78.9 Å². The molecule has 0 aliphatic carbocycles. The Kier molecular flexibility index (Phi) is 10.7. The molecule has 3 aromatic rings. The van der Waals surface area contributed by atoms with Crippen molar-refractivity contribution in [2.75, 3.05) is 29.1 Å². The minimum atomic E-state index is -0.166. The number of hydrogen-bond acceptors (Lipinski definition) is 4. The molecule has 0 heterocycles. The van der Waals surface area contributed by atoms with Crippen LogP contribution < -0.4 is 20.7 Å². The molecule has 0 saturated carbocycles. The minimum Gasteiger partial charge on any atom is -0.494 e. The van der Waals surface area contributed by atoms with Gasteiger partial charge in [-0.3, -0.25) is 9.59 Å². The molecule has 0 spiro atoms. The molecule has 35 heavy (non-hydrogen) atoms. The first-order valence-corrected chi connectivity index (χ1v) is 12.3. The first-order valence-electron chi connectivity index (χ1n) is 12.3. The Hall–Kier alpha value is -3.80. The van der Waals surface area contributed by atoms with Crippen molar-refractivity contribution in [2.45, 2.75) is 45.4 Å². The van der Waals surface area contributed by atoms with Gasteiger partial charge in [-0.25, -0.2) is 0 Å². The lowest BCUT2D eigenvalue weighted by Gasteiger charge is -2.11. The summed E-state index contributed by atoms with van der Waals surface area (Å²) in [6.45, 7) is 2.83. The Bertz CT molecular complexity index is 1070. The summed E-state index contributed by atoms with van der Waals surface area (Å²) < 4.78 is 5.85. The molecule has 6 heteroatoms. The molecule has 0 atom stereocenters. The van der Waals surface area contributed by atoms with Gasteiger partial charge in [0.15, 0.2) is 0 Å². The number of rotatable bonds is 14. The second-order valence-corrected chi connectivity index (χ2v) is 8.45. The molecule has 0 saturated heterocycles. The molecule has 3 rings (SSSR count). The van der Waals surface area contributed by atoms with Crippen molar-refractivity contribution in [2.24, 2.45) is 0 Å². The van der Waals surface area contributed by atoms with Crippen molar-refractivity contribution in [3.63, 3.8) is 0 Å². The lowest BCUT2D eigenvalue weighted by Crippen LogP contribution is -2.21. The zero-order valence-electron chi connectivity index (χ0n) is 20.4. The summed E-state index contributed by atoms with van der Waals surface area (Å²) in [4.78, 5) is 24.5. The average molecular weight is 474 g/mol. The van der Waals surface area contributed by atoms with Gasteiger partial charge >= 0.3 is 0 Å². The number of benzene rings is 3. The highest BCUT2D eigenvalue weighted by Crippen LogP contribution is 2.19. The van der Waals surface area contributed by atoms with Gasteiger partial charge in [0.25, 0.3) is 0 Å². The summed E-state index contributed by atoms with van der Waals surface area (Å²) in [5.74, 6) is 0.571. The van der Waals surface area contributed by atoms with Crippen molar-refractivity contribution in [1.29, 1.82) is 0 Å². The van der Waals surface area contributed by atoms with Gasteiger partial charge < -0.3 is 20.7 Å². The number of amides is 2. The highest BCUT2D eigenvalue weighted by atomic mass is 16.5. The molecular formula is C29H35N3O3. The molecule has 184 valence electrons. The maximum atomic E-state index is 12.4. The molecule has 0 aliphatic rings. The first kappa shape index (κ1) is 25.8. The van der Waals surface area contributed by atoms with E-state index in [2.05, 4.69) is 35.0 Å². The van der Waals surface area contributed by atoms with Crippen molar-refractivity contribution in [3.8, 4) is 5.75 Å². The van der Waals surface area contributed by atoms with Crippen LogP contribution in [0, 0.1) is 0 Å². The van der Waals surface area contributed by atoms with E-state index >= 15 is 0 Å². The highest BCUT2D eigenvalue weighted by Gasteiger charge is 2.06. The van der Waals surface area contributed by atoms with E-state index in [0.29, 0.717) is 24.4 Å². The van der Waals surface area contributed by atoms with Gasteiger partial charge in [-0.2, -0.15) is 0 Å². The molecule has 3 N–H and O–H groups in total. The van der Waals surface area contributed by atoms with E-state index in [1.807, 2.05) is 66.7 Å². The van der Waals surface area contributed by atoms with Gasteiger partial charge in [0.1, 0.15) is 5.75 Å². The molecule has 2 amide bonds. The van der Waals surface area contributed by atoms with Crippen LogP contribution in [0.25, 0.3) is 0 Å². The van der Waals surface area contributed by atoms with Crippen LogP contribution in [0.5, 0.6) is 5.75 Å². The predicted molar refractivity (Wildman–Crippen MR) is 143 cm³/mol. The minimum absolute atomic E-state index is 0.00973. The fraction of sp³-hybridized carbons (Fsp3) is 0.310. The summed E-state index contributed by atoms with van der Waals surface area (Å²) >= 11 is 0. The topological polar surface area (TPSA) is 79.5 Å². The number of carbonyl (C=O) groups is 2. The molecule has 0 aliphatic heterocycles. The summed E-state index contributed by atoms with van der Waals surface area (Å²) in [6.07, 6.45) is 5.42.